The van der Waals surface area contributed by atoms with Crippen molar-refractivity contribution in [3.63, 3.8) is 0 Å². The highest BCUT2D eigenvalue weighted by Crippen LogP contribution is 2.26. The fourth-order valence-electron chi connectivity index (χ4n) is 2.07. The summed E-state index contributed by atoms with van der Waals surface area (Å²) >= 11 is 9.42. The summed E-state index contributed by atoms with van der Waals surface area (Å²) in [5.74, 6) is 0.542. The molecule has 1 saturated heterocycles. The maximum atomic E-state index is 5.86. The van der Waals surface area contributed by atoms with Gasteiger partial charge in [0.2, 0.25) is 0 Å². The lowest BCUT2D eigenvalue weighted by molar-refractivity contribution is 0.0821. The first-order valence-corrected chi connectivity index (χ1v) is 7.24. The summed E-state index contributed by atoms with van der Waals surface area (Å²) < 4.78 is 6.74. The van der Waals surface area contributed by atoms with E-state index in [9.17, 15) is 0 Å². The number of alkyl halides is 1. The first kappa shape index (κ1) is 13.2. The minimum absolute atomic E-state index is 0.295. The van der Waals surface area contributed by atoms with Crippen molar-refractivity contribution in [2.45, 2.75) is 25.3 Å². The average Bonchev–Trinajstić information content (AvgIpc) is 2.54. The number of anilines is 1. The second-order valence-electron chi connectivity index (χ2n) is 4.39. The maximum Gasteiger partial charge on any atom is 0.0721 e. The first-order valence-electron chi connectivity index (χ1n) is 5.91. The van der Waals surface area contributed by atoms with E-state index < -0.39 is 0 Å². The Hall–Kier alpha value is -0.250. The molecule has 0 saturated carbocycles. The predicted molar refractivity (Wildman–Crippen MR) is 75.9 cm³/mol. The van der Waals surface area contributed by atoms with Gasteiger partial charge < -0.3 is 9.64 Å². The van der Waals surface area contributed by atoms with Crippen molar-refractivity contribution in [2.75, 3.05) is 24.6 Å². The van der Waals surface area contributed by atoms with Gasteiger partial charge in [-0.2, -0.15) is 0 Å². The molecule has 0 amide bonds. The Labute approximate surface area is 116 Å². The molecule has 0 bridgehead atoms. The van der Waals surface area contributed by atoms with E-state index in [0.29, 0.717) is 12.0 Å². The second kappa shape index (κ2) is 6.07. The van der Waals surface area contributed by atoms with Crippen LogP contribution in [0.2, 0.25) is 0 Å². The van der Waals surface area contributed by atoms with E-state index in [1.807, 2.05) is 0 Å². The Morgan fingerprint density at radius 3 is 3.06 bits per heavy atom. The van der Waals surface area contributed by atoms with E-state index in [0.717, 1.165) is 36.2 Å². The third kappa shape index (κ3) is 3.36. The fourth-order valence-corrected chi connectivity index (χ4v) is 2.97. The molecule has 94 valence electrons. The van der Waals surface area contributed by atoms with Crippen LogP contribution in [0, 0.1) is 0 Å². The van der Waals surface area contributed by atoms with Crippen LogP contribution >= 0.6 is 27.5 Å². The molecule has 0 aliphatic carbocycles. The molecule has 0 N–H and O–H groups in total. The summed E-state index contributed by atoms with van der Waals surface area (Å²) in [7, 11) is 0. The molecule has 4 heteroatoms. The van der Waals surface area contributed by atoms with Gasteiger partial charge >= 0.3 is 0 Å². The number of hydrogen-bond acceptors (Lipinski definition) is 2. The topological polar surface area (TPSA) is 12.5 Å². The molecule has 2 nitrogen and oxygen atoms in total. The molecule has 1 unspecified atom stereocenters. The highest BCUT2D eigenvalue weighted by Gasteiger charge is 2.15. The van der Waals surface area contributed by atoms with Crippen molar-refractivity contribution >= 4 is 33.2 Å². The summed E-state index contributed by atoms with van der Waals surface area (Å²) in [5.41, 5.74) is 2.37. The molecular formula is C13H17BrClNO. The summed E-state index contributed by atoms with van der Waals surface area (Å²) in [4.78, 5) is 2.38. The molecule has 1 aliphatic rings. The van der Waals surface area contributed by atoms with Crippen molar-refractivity contribution in [1.82, 2.24) is 0 Å². The van der Waals surface area contributed by atoms with Crippen LogP contribution in [-0.2, 0) is 10.6 Å². The Balaban J connectivity index is 2.17. The lowest BCUT2D eigenvalue weighted by Gasteiger charge is -2.24. The van der Waals surface area contributed by atoms with Gasteiger partial charge in [0.25, 0.3) is 0 Å². The number of nitrogens with zero attached hydrogens (tertiary/aromatic N) is 1. The van der Waals surface area contributed by atoms with Crippen LogP contribution in [0.25, 0.3) is 0 Å². The smallest absolute Gasteiger partial charge is 0.0721 e. The largest absolute Gasteiger partial charge is 0.377 e. The standard InChI is InChI=1S/C13H17BrClNO/c1-10-9-16(5-2-6-17-10)12-4-3-11(8-15)13(14)7-12/h3-4,7,10H,2,5-6,8-9H2,1H3. The summed E-state index contributed by atoms with van der Waals surface area (Å²) in [6.07, 6.45) is 1.38. The van der Waals surface area contributed by atoms with Gasteiger partial charge in [-0.15, -0.1) is 11.6 Å². The van der Waals surface area contributed by atoms with E-state index in [1.165, 1.54) is 5.69 Å². The van der Waals surface area contributed by atoms with Gasteiger partial charge in [0, 0.05) is 35.7 Å². The van der Waals surface area contributed by atoms with Gasteiger partial charge in [-0.1, -0.05) is 22.0 Å². The number of ether oxygens (including phenoxy) is 1. The maximum absolute atomic E-state index is 5.86. The van der Waals surface area contributed by atoms with Crippen molar-refractivity contribution in [3.05, 3.63) is 28.2 Å². The number of halogens is 2. The molecule has 1 atom stereocenters. The predicted octanol–water partition coefficient (Wildman–Crippen LogP) is 3.80. The third-order valence-electron chi connectivity index (χ3n) is 3.00. The van der Waals surface area contributed by atoms with Crippen molar-refractivity contribution in [3.8, 4) is 0 Å². The Kier molecular flexibility index (Phi) is 4.71. The third-order valence-corrected chi connectivity index (χ3v) is 4.02. The molecule has 2 rings (SSSR count). The molecule has 1 heterocycles. The quantitative estimate of drug-likeness (QED) is 0.769. The van der Waals surface area contributed by atoms with Crippen molar-refractivity contribution in [2.24, 2.45) is 0 Å². The zero-order valence-electron chi connectivity index (χ0n) is 9.96. The molecular weight excluding hydrogens is 302 g/mol. The minimum atomic E-state index is 0.295. The van der Waals surface area contributed by atoms with Gasteiger partial charge in [0.1, 0.15) is 0 Å². The molecule has 1 aliphatic heterocycles. The Morgan fingerprint density at radius 2 is 2.35 bits per heavy atom. The fraction of sp³-hybridized carbons (Fsp3) is 0.538. The Morgan fingerprint density at radius 1 is 1.53 bits per heavy atom. The highest BCUT2D eigenvalue weighted by molar-refractivity contribution is 9.10. The number of rotatable bonds is 2. The first-order chi connectivity index (χ1) is 8.20. The number of benzene rings is 1. The normalized spacial score (nSPS) is 21.4. The molecule has 1 aromatic carbocycles. The Bertz CT molecular complexity index is 386. The zero-order chi connectivity index (χ0) is 12.3. The van der Waals surface area contributed by atoms with Crippen LogP contribution in [0.1, 0.15) is 18.9 Å². The van der Waals surface area contributed by atoms with Crippen LogP contribution in [0.3, 0.4) is 0 Å². The van der Waals surface area contributed by atoms with Gasteiger partial charge in [-0.25, -0.2) is 0 Å². The van der Waals surface area contributed by atoms with E-state index in [1.54, 1.807) is 0 Å². The zero-order valence-corrected chi connectivity index (χ0v) is 12.3. The van der Waals surface area contributed by atoms with E-state index >= 15 is 0 Å². The SMILES string of the molecule is CC1CN(c2ccc(CCl)c(Br)c2)CCCO1. The van der Waals surface area contributed by atoms with Gasteiger partial charge in [-0.3, -0.25) is 0 Å². The summed E-state index contributed by atoms with van der Waals surface area (Å²) in [6.45, 7) is 4.99. The average molecular weight is 319 g/mol. The second-order valence-corrected chi connectivity index (χ2v) is 5.51. The molecule has 17 heavy (non-hydrogen) atoms. The van der Waals surface area contributed by atoms with Crippen molar-refractivity contribution in [1.29, 1.82) is 0 Å². The van der Waals surface area contributed by atoms with Gasteiger partial charge in [-0.05, 0) is 31.0 Å². The van der Waals surface area contributed by atoms with Crippen molar-refractivity contribution < 1.29 is 4.74 Å². The minimum Gasteiger partial charge on any atom is -0.377 e. The van der Waals surface area contributed by atoms with Crippen LogP contribution in [0.15, 0.2) is 22.7 Å². The van der Waals surface area contributed by atoms with Gasteiger partial charge in [0.05, 0.1) is 6.10 Å². The van der Waals surface area contributed by atoms with Gasteiger partial charge in [0.15, 0.2) is 0 Å². The van der Waals surface area contributed by atoms with E-state index in [-0.39, 0.29) is 0 Å². The molecule has 0 spiro atoms. The van der Waals surface area contributed by atoms with E-state index in [4.69, 9.17) is 16.3 Å². The van der Waals surface area contributed by atoms with Crippen LogP contribution in [0.5, 0.6) is 0 Å². The molecule has 1 fully saturated rings. The molecule has 0 aromatic heterocycles. The van der Waals surface area contributed by atoms with Crippen LogP contribution in [-0.4, -0.2) is 25.8 Å². The highest BCUT2D eigenvalue weighted by atomic mass is 79.9. The summed E-state index contributed by atoms with van der Waals surface area (Å²) in [6, 6.07) is 6.37. The van der Waals surface area contributed by atoms with Crippen LogP contribution in [0.4, 0.5) is 5.69 Å². The summed E-state index contributed by atoms with van der Waals surface area (Å²) in [5, 5.41) is 0. The van der Waals surface area contributed by atoms with Crippen LogP contribution < -0.4 is 4.90 Å². The monoisotopic (exact) mass is 317 g/mol. The molecule has 1 aromatic rings. The van der Waals surface area contributed by atoms with E-state index in [2.05, 4.69) is 46.0 Å². The lowest BCUT2D eigenvalue weighted by Crippen LogP contribution is -2.30. The lowest BCUT2D eigenvalue weighted by atomic mass is 10.2. The number of hydrogen-bond donors (Lipinski definition) is 0. The molecule has 0 radical (unpaired) electrons.